The molecule has 12 nitrogen and oxygen atoms in total. The van der Waals surface area contributed by atoms with Crippen molar-refractivity contribution in [2.24, 2.45) is 0 Å². The van der Waals surface area contributed by atoms with Gasteiger partial charge in [0.15, 0.2) is 35.3 Å². The van der Waals surface area contributed by atoms with Crippen molar-refractivity contribution in [2.45, 2.75) is 65.0 Å². The lowest BCUT2D eigenvalue weighted by atomic mass is 10.1. The zero-order chi connectivity index (χ0) is 35.1. The molecule has 2 aromatic carbocycles. The SMILES string of the molecule is Cc1ncc(CCc2ncc(C)n3nc(C(F)Cc4cn5c(n4)-c4ccccc4C5)nc23)n2nc(CC(F)c3cn4c(n3)-c3ccccc3C4)nc12. The van der Waals surface area contributed by atoms with Gasteiger partial charge in [-0.3, -0.25) is 9.97 Å². The average molecular weight is 695 g/mol. The van der Waals surface area contributed by atoms with Gasteiger partial charge in [-0.1, -0.05) is 48.5 Å². The third kappa shape index (κ3) is 5.00. The number of benzene rings is 2. The lowest BCUT2D eigenvalue weighted by molar-refractivity contribution is 0.324. The number of aromatic nitrogens is 12. The minimum Gasteiger partial charge on any atom is -0.326 e. The number of halogens is 2. The zero-order valence-electron chi connectivity index (χ0n) is 28.4. The summed E-state index contributed by atoms with van der Waals surface area (Å²) in [5.41, 5.74) is 9.51. The van der Waals surface area contributed by atoms with Crippen LogP contribution in [0.5, 0.6) is 0 Å². The molecule has 0 aliphatic carbocycles. The molecule has 10 rings (SSSR count). The van der Waals surface area contributed by atoms with E-state index < -0.39 is 12.3 Å². The van der Waals surface area contributed by atoms with Crippen LogP contribution in [-0.2, 0) is 38.8 Å². The van der Waals surface area contributed by atoms with Gasteiger partial charge in [0.25, 0.3) is 0 Å². The summed E-state index contributed by atoms with van der Waals surface area (Å²) in [6.07, 6.45) is 5.38. The molecule has 0 N–H and O–H groups in total. The van der Waals surface area contributed by atoms with Crippen molar-refractivity contribution in [2.75, 3.05) is 0 Å². The first-order valence-electron chi connectivity index (χ1n) is 17.4. The Kier molecular flexibility index (Phi) is 6.88. The van der Waals surface area contributed by atoms with Crippen LogP contribution in [0, 0.1) is 13.8 Å². The van der Waals surface area contributed by atoms with E-state index in [1.807, 2.05) is 61.0 Å². The van der Waals surface area contributed by atoms with Crippen LogP contribution in [0.15, 0.2) is 73.3 Å². The van der Waals surface area contributed by atoms with E-state index in [4.69, 9.17) is 10.1 Å². The van der Waals surface area contributed by atoms with E-state index in [0.717, 1.165) is 40.7 Å². The first-order valence-corrected chi connectivity index (χ1v) is 17.4. The second-order valence-electron chi connectivity index (χ2n) is 13.6. The Hall–Kier alpha value is -6.18. The van der Waals surface area contributed by atoms with Crippen LogP contribution < -0.4 is 0 Å². The molecule has 2 aliphatic rings. The minimum atomic E-state index is -1.44. The third-order valence-corrected chi connectivity index (χ3v) is 10.1. The van der Waals surface area contributed by atoms with Crippen molar-refractivity contribution < 1.29 is 8.78 Å². The summed E-state index contributed by atoms with van der Waals surface area (Å²) < 4.78 is 38.9. The molecule has 8 aromatic rings. The van der Waals surface area contributed by atoms with Gasteiger partial charge < -0.3 is 9.13 Å². The van der Waals surface area contributed by atoms with Crippen LogP contribution in [0.4, 0.5) is 8.78 Å². The van der Waals surface area contributed by atoms with E-state index >= 15 is 8.78 Å². The van der Waals surface area contributed by atoms with Gasteiger partial charge in [0, 0.05) is 61.8 Å². The quantitative estimate of drug-likeness (QED) is 0.183. The molecule has 0 bridgehead atoms. The predicted molar refractivity (Wildman–Crippen MR) is 187 cm³/mol. The highest BCUT2D eigenvalue weighted by molar-refractivity contribution is 5.66. The summed E-state index contributed by atoms with van der Waals surface area (Å²) in [7, 11) is 0. The lowest BCUT2D eigenvalue weighted by Gasteiger charge is -2.06. The van der Waals surface area contributed by atoms with Gasteiger partial charge in [-0.25, -0.2) is 37.7 Å². The molecule has 0 saturated carbocycles. The molecule has 258 valence electrons. The number of imidazole rings is 2. The number of rotatable bonds is 9. The Morgan fingerprint density at radius 3 is 2.21 bits per heavy atom. The molecule has 14 heteroatoms. The van der Waals surface area contributed by atoms with Crippen molar-refractivity contribution in [1.29, 1.82) is 0 Å². The maximum atomic E-state index is 15.8. The number of hydrogen-bond donors (Lipinski definition) is 0. The summed E-state index contributed by atoms with van der Waals surface area (Å²) in [6.45, 7) is 5.13. The molecule has 0 amide bonds. The highest BCUT2D eigenvalue weighted by atomic mass is 19.1. The van der Waals surface area contributed by atoms with Gasteiger partial charge in [-0.05, 0) is 37.8 Å². The normalized spacial score (nSPS) is 14.2. The van der Waals surface area contributed by atoms with Crippen molar-refractivity contribution in [3.63, 3.8) is 0 Å². The summed E-state index contributed by atoms with van der Waals surface area (Å²) >= 11 is 0. The van der Waals surface area contributed by atoms with E-state index in [9.17, 15) is 0 Å². The fourth-order valence-corrected chi connectivity index (χ4v) is 7.42. The fraction of sp³-hybridized carbons (Fsp3) is 0.263. The number of nitrogens with zero attached hydrogens (tertiary/aromatic N) is 12. The van der Waals surface area contributed by atoms with Crippen LogP contribution in [0.25, 0.3) is 34.1 Å². The van der Waals surface area contributed by atoms with Gasteiger partial charge in [0.1, 0.15) is 11.6 Å². The predicted octanol–water partition coefficient (Wildman–Crippen LogP) is 5.92. The van der Waals surface area contributed by atoms with Crippen molar-refractivity contribution in [3.05, 3.63) is 130 Å². The van der Waals surface area contributed by atoms with E-state index in [-0.39, 0.29) is 18.7 Å². The average Bonchev–Trinajstić information content (AvgIpc) is 3.98. The van der Waals surface area contributed by atoms with Gasteiger partial charge in [0.2, 0.25) is 0 Å². The van der Waals surface area contributed by atoms with E-state index in [1.54, 1.807) is 27.6 Å². The summed E-state index contributed by atoms with van der Waals surface area (Å²) in [5.74, 6) is 2.11. The molecule has 0 radical (unpaired) electrons. The van der Waals surface area contributed by atoms with E-state index in [1.165, 1.54) is 11.1 Å². The zero-order valence-corrected chi connectivity index (χ0v) is 28.4. The Balaban J connectivity index is 0.869. The summed E-state index contributed by atoms with van der Waals surface area (Å²) in [4.78, 5) is 27.9. The molecule has 0 saturated heterocycles. The maximum Gasteiger partial charge on any atom is 0.186 e. The summed E-state index contributed by atoms with van der Waals surface area (Å²) in [5, 5.41) is 9.25. The molecule has 2 aliphatic heterocycles. The molecule has 0 spiro atoms. The van der Waals surface area contributed by atoms with Crippen molar-refractivity contribution in [3.8, 4) is 22.8 Å². The number of alkyl halides is 2. The highest BCUT2D eigenvalue weighted by Gasteiger charge is 2.27. The van der Waals surface area contributed by atoms with Crippen molar-refractivity contribution >= 4 is 11.3 Å². The fourth-order valence-electron chi connectivity index (χ4n) is 7.42. The smallest absolute Gasteiger partial charge is 0.186 e. The third-order valence-electron chi connectivity index (χ3n) is 10.1. The second kappa shape index (κ2) is 11.7. The van der Waals surface area contributed by atoms with Crippen molar-refractivity contribution in [1.82, 2.24) is 58.3 Å². The molecular weight excluding hydrogens is 662 g/mol. The topological polar surface area (TPSA) is 122 Å². The van der Waals surface area contributed by atoms with Gasteiger partial charge in [-0.2, -0.15) is 5.10 Å². The Morgan fingerprint density at radius 2 is 1.42 bits per heavy atom. The van der Waals surface area contributed by atoms with Gasteiger partial charge in [-0.15, -0.1) is 5.10 Å². The van der Waals surface area contributed by atoms with Gasteiger partial charge in [0.05, 0.1) is 34.2 Å². The van der Waals surface area contributed by atoms with E-state index in [0.29, 0.717) is 59.3 Å². The molecule has 2 unspecified atom stereocenters. The van der Waals surface area contributed by atoms with Crippen LogP contribution in [-0.4, -0.2) is 58.3 Å². The monoisotopic (exact) mass is 694 g/mol. The van der Waals surface area contributed by atoms with Crippen LogP contribution in [0.2, 0.25) is 0 Å². The maximum absolute atomic E-state index is 15.8. The van der Waals surface area contributed by atoms with Crippen LogP contribution in [0.1, 0.15) is 69.3 Å². The molecule has 8 heterocycles. The first-order chi connectivity index (χ1) is 25.4. The second-order valence-corrected chi connectivity index (χ2v) is 13.6. The molecule has 6 aromatic heterocycles. The molecule has 52 heavy (non-hydrogen) atoms. The molecule has 0 fully saturated rings. The van der Waals surface area contributed by atoms with Crippen LogP contribution in [0.3, 0.4) is 0 Å². The van der Waals surface area contributed by atoms with E-state index in [2.05, 4.69) is 46.7 Å². The Bertz CT molecular complexity index is 2680. The Labute approximate surface area is 295 Å². The Morgan fingerprint density at radius 1 is 0.692 bits per heavy atom. The summed E-state index contributed by atoms with van der Waals surface area (Å²) in [6, 6.07) is 16.2. The highest BCUT2D eigenvalue weighted by Crippen LogP contribution is 2.34. The molecular formula is C38H32F2N12. The van der Waals surface area contributed by atoms with Gasteiger partial charge >= 0.3 is 0 Å². The number of hydrogen-bond acceptors (Lipinski definition) is 8. The lowest BCUT2D eigenvalue weighted by Crippen LogP contribution is -2.07. The standard InChI is InChI=1S/C38H32F2N12/c1-21-15-42-31(38-46-34(48-51(21)38)30(40)13-25-19-49-17-23-7-3-5-9-27(23)36(49)43-25)12-11-26-16-41-22(2)35-45-33(47-52(26)35)14-29(39)32-20-50-18-24-8-4-6-10-28(24)37(50)44-32/h3-10,15-16,19-20,29-30H,11-14,17-18H2,1-2H3. The number of aryl methyl sites for hydroxylation is 4. The molecule has 2 atom stereocenters. The largest absolute Gasteiger partial charge is 0.326 e. The first kappa shape index (κ1) is 30.6. The number of fused-ring (bicyclic) bond motifs is 8. The minimum absolute atomic E-state index is 0.0133. The van der Waals surface area contributed by atoms with Crippen LogP contribution >= 0.6 is 0 Å².